The van der Waals surface area contributed by atoms with Crippen molar-refractivity contribution in [3.63, 3.8) is 0 Å². The normalized spacial score (nSPS) is 11.9. The van der Waals surface area contributed by atoms with Crippen LogP contribution in [0.5, 0.6) is 0 Å². The molecule has 3 rings (SSSR count). The third kappa shape index (κ3) is 3.97. The van der Waals surface area contributed by atoms with Crippen LogP contribution in [-0.4, -0.2) is 37.0 Å². The Balaban J connectivity index is 1.54. The van der Waals surface area contributed by atoms with Crippen molar-refractivity contribution >= 4 is 11.7 Å². The van der Waals surface area contributed by atoms with E-state index in [1.165, 1.54) is 0 Å². The Bertz CT molecular complexity index is 809. The van der Waals surface area contributed by atoms with Crippen LogP contribution in [0.4, 0.5) is 10.5 Å². The highest BCUT2D eigenvalue weighted by Gasteiger charge is 2.11. The summed E-state index contributed by atoms with van der Waals surface area (Å²) in [5.41, 5.74) is 2.52. The molecule has 2 amide bonds. The van der Waals surface area contributed by atoms with Crippen molar-refractivity contribution in [2.24, 2.45) is 0 Å². The van der Waals surface area contributed by atoms with Gasteiger partial charge in [0.05, 0.1) is 23.8 Å². The number of amides is 2. The maximum absolute atomic E-state index is 12.1. The van der Waals surface area contributed by atoms with E-state index in [0.29, 0.717) is 17.9 Å². The highest BCUT2D eigenvalue weighted by atomic mass is 16.2. The molecule has 0 radical (unpaired) electrons. The molecule has 0 spiro atoms. The average molecular weight is 325 g/mol. The maximum atomic E-state index is 12.1. The van der Waals surface area contributed by atoms with Crippen molar-refractivity contribution in [3.05, 3.63) is 54.2 Å². The summed E-state index contributed by atoms with van der Waals surface area (Å²) in [7, 11) is 0. The van der Waals surface area contributed by atoms with E-state index >= 15 is 0 Å². The first-order chi connectivity index (χ1) is 11.6. The van der Waals surface area contributed by atoms with Crippen molar-refractivity contribution in [2.45, 2.75) is 26.3 Å². The lowest BCUT2D eigenvalue weighted by atomic mass is 10.2. The Morgan fingerprint density at radius 2 is 2.29 bits per heavy atom. The van der Waals surface area contributed by atoms with Gasteiger partial charge in [0.15, 0.2) is 5.82 Å². The van der Waals surface area contributed by atoms with E-state index in [1.54, 1.807) is 23.3 Å². The summed E-state index contributed by atoms with van der Waals surface area (Å²) < 4.78 is 1.60. The number of aromatic nitrogens is 5. The van der Waals surface area contributed by atoms with Crippen molar-refractivity contribution in [1.82, 2.24) is 30.3 Å². The van der Waals surface area contributed by atoms with E-state index in [9.17, 15) is 4.79 Å². The molecule has 0 aliphatic rings. The molecule has 8 nitrogen and oxygen atoms in total. The third-order valence-electron chi connectivity index (χ3n) is 3.38. The zero-order valence-electron chi connectivity index (χ0n) is 13.5. The Morgan fingerprint density at radius 1 is 1.42 bits per heavy atom. The first-order valence-corrected chi connectivity index (χ1v) is 7.64. The number of aromatic amines is 1. The average Bonchev–Trinajstić information content (AvgIpc) is 3.17. The van der Waals surface area contributed by atoms with Crippen molar-refractivity contribution in [3.8, 4) is 5.82 Å². The third-order valence-corrected chi connectivity index (χ3v) is 3.38. The number of carbonyl (C=O) groups excluding carboxylic acids is 1. The molecule has 8 heteroatoms. The van der Waals surface area contributed by atoms with Crippen LogP contribution < -0.4 is 10.6 Å². The van der Waals surface area contributed by atoms with Gasteiger partial charge in [-0.05, 0) is 32.0 Å². The lowest BCUT2D eigenvalue weighted by Crippen LogP contribution is -2.37. The summed E-state index contributed by atoms with van der Waals surface area (Å²) in [4.78, 5) is 16.3. The quantitative estimate of drug-likeness (QED) is 0.668. The van der Waals surface area contributed by atoms with Crippen molar-refractivity contribution in [2.75, 3.05) is 5.32 Å². The van der Waals surface area contributed by atoms with Gasteiger partial charge in [-0.2, -0.15) is 10.2 Å². The summed E-state index contributed by atoms with van der Waals surface area (Å²) in [5.74, 6) is 0.688. The summed E-state index contributed by atoms with van der Waals surface area (Å²) in [5, 5.41) is 16.9. The van der Waals surface area contributed by atoms with E-state index in [0.717, 1.165) is 11.4 Å². The topological polar surface area (TPSA) is 101 Å². The number of anilines is 1. The second-order valence-electron chi connectivity index (χ2n) is 5.61. The predicted molar refractivity (Wildman–Crippen MR) is 90.0 cm³/mol. The molecule has 3 aromatic heterocycles. The lowest BCUT2D eigenvalue weighted by Gasteiger charge is -2.12. The van der Waals surface area contributed by atoms with Crippen LogP contribution in [0.25, 0.3) is 5.82 Å². The van der Waals surface area contributed by atoms with E-state index in [4.69, 9.17) is 0 Å². The minimum absolute atomic E-state index is 0.0430. The fourth-order valence-corrected chi connectivity index (χ4v) is 2.34. The number of aryl methyl sites for hydroxylation is 1. The Kier molecular flexibility index (Phi) is 4.55. The number of hydrogen-bond acceptors (Lipinski definition) is 4. The SMILES string of the molecule is Cc1cc(C[C@H](C)NC(=O)Nc2cnn(-c3ccccn3)c2)n[nH]1. The number of nitrogens with one attached hydrogen (secondary N) is 3. The van der Waals surface area contributed by atoms with Gasteiger partial charge in [0.1, 0.15) is 0 Å². The molecule has 0 fully saturated rings. The van der Waals surface area contributed by atoms with Crippen LogP contribution in [-0.2, 0) is 6.42 Å². The number of urea groups is 1. The number of H-pyrrole nitrogens is 1. The van der Waals surface area contributed by atoms with Gasteiger partial charge >= 0.3 is 6.03 Å². The van der Waals surface area contributed by atoms with Gasteiger partial charge in [-0.15, -0.1) is 0 Å². The summed E-state index contributed by atoms with van der Waals surface area (Å²) >= 11 is 0. The van der Waals surface area contributed by atoms with E-state index < -0.39 is 0 Å². The van der Waals surface area contributed by atoms with Crippen LogP contribution in [0, 0.1) is 6.92 Å². The molecule has 0 bridgehead atoms. The zero-order chi connectivity index (χ0) is 16.9. The van der Waals surface area contributed by atoms with Gasteiger partial charge in [0.2, 0.25) is 0 Å². The maximum Gasteiger partial charge on any atom is 0.319 e. The molecule has 3 N–H and O–H groups in total. The van der Waals surface area contributed by atoms with Crippen LogP contribution in [0.1, 0.15) is 18.3 Å². The molecule has 3 aromatic rings. The smallest absolute Gasteiger partial charge is 0.319 e. The Morgan fingerprint density at radius 3 is 3.00 bits per heavy atom. The fraction of sp³-hybridized carbons (Fsp3) is 0.250. The summed E-state index contributed by atoms with van der Waals surface area (Å²) in [6.07, 6.45) is 5.64. The monoisotopic (exact) mass is 325 g/mol. The van der Waals surface area contributed by atoms with Crippen molar-refractivity contribution < 1.29 is 4.79 Å². The minimum atomic E-state index is -0.282. The number of nitrogens with zero attached hydrogens (tertiary/aromatic N) is 4. The summed E-state index contributed by atoms with van der Waals surface area (Å²) in [6.45, 7) is 3.88. The van der Waals surface area contributed by atoms with Gasteiger partial charge in [0, 0.05) is 24.4 Å². The second-order valence-corrected chi connectivity index (χ2v) is 5.61. The van der Waals surface area contributed by atoms with Gasteiger partial charge < -0.3 is 10.6 Å². The number of pyridine rings is 1. The van der Waals surface area contributed by atoms with E-state index in [1.807, 2.05) is 38.1 Å². The zero-order valence-corrected chi connectivity index (χ0v) is 13.5. The van der Waals surface area contributed by atoms with E-state index in [2.05, 4.69) is 30.9 Å². The predicted octanol–water partition coefficient (Wildman–Crippen LogP) is 2.05. The summed E-state index contributed by atoms with van der Waals surface area (Å²) in [6, 6.07) is 7.19. The van der Waals surface area contributed by atoms with Crippen LogP contribution in [0.15, 0.2) is 42.9 Å². The molecule has 0 aliphatic heterocycles. The molecule has 0 aromatic carbocycles. The molecule has 124 valence electrons. The first kappa shape index (κ1) is 15.7. The Hall–Kier alpha value is -3.16. The number of hydrogen-bond donors (Lipinski definition) is 3. The molecule has 0 saturated heterocycles. The van der Waals surface area contributed by atoms with Gasteiger partial charge in [-0.1, -0.05) is 6.07 Å². The van der Waals surface area contributed by atoms with Gasteiger partial charge in [-0.3, -0.25) is 5.10 Å². The van der Waals surface area contributed by atoms with E-state index in [-0.39, 0.29) is 12.1 Å². The molecular weight excluding hydrogens is 306 g/mol. The molecule has 1 atom stereocenters. The van der Waals surface area contributed by atoms with Crippen LogP contribution in [0.3, 0.4) is 0 Å². The largest absolute Gasteiger partial charge is 0.335 e. The first-order valence-electron chi connectivity index (χ1n) is 7.64. The molecule has 0 aliphatic carbocycles. The number of rotatable bonds is 5. The van der Waals surface area contributed by atoms with Crippen LogP contribution in [0.2, 0.25) is 0 Å². The van der Waals surface area contributed by atoms with Crippen LogP contribution >= 0.6 is 0 Å². The van der Waals surface area contributed by atoms with Gasteiger partial charge in [-0.25, -0.2) is 14.5 Å². The molecule has 3 heterocycles. The highest BCUT2D eigenvalue weighted by molar-refractivity contribution is 5.89. The molecule has 24 heavy (non-hydrogen) atoms. The van der Waals surface area contributed by atoms with Crippen molar-refractivity contribution in [1.29, 1.82) is 0 Å². The standard InChI is InChI=1S/C16H19N7O/c1-11(7-13-8-12(2)21-22-13)19-16(24)20-14-9-18-23(10-14)15-5-3-4-6-17-15/h3-6,8-11H,7H2,1-2H3,(H,21,22)(H2,19,20,24)/t11-/m0/s1. The second kappa shape index (κ2) is 6.95. The highest BCUT2D eigenvalue weighted by Crippen LogP contribution is 2.09. The lowest BCUT2D eigenvalue weighted by molar-refractivity contribution is 0.249. The molecule has 0 unspecified atom stereocenters. The molecular formula is C16H19N7O. The molecule has 0 saturated carbocycles. The van der Waals surface area contributed by atoms with Gasteiger partial charge in [0.25, 0.3) is 0 Å². The number of carbonyl (C=O) groups is 1. The Labute approximate surface area is 139 Å². The minimum Gasteiger partial charge on any atom is -0.335 e. The fourth-order valence-electron chi connectivity index (χ4n) is 2.34.